The van der Waals surface area contributed by atoms with Crippen LogP contribution in [0.4, 0.5) is 0 Å². The van der Waals surface area contributed by atoms with Crippen molar-refractivity contribution in [3.63, 3.8) is 0 Å². The summed E-state index contributed by atoms with van der Waals surface area (Å²) < 4.78 is 24.5. The Morgan fingerprint density at radius 3 is 2.48 bits per heavy atom. The molecule has 0 aliphatic heterocycles. The van der Waals surface area contributed by atoms with Crippen LogP contribution in [-0.4, -0.2) is 39.3 Å². The Kier molecular flexibility index (Phi) is 7.75. The Hall–Kier alpha value is -1.56. The molecular weight excluding hydrogens is 334 g/mol. The third-order valence-corrected chi connectivity index (χ3v) is 6.46. The Morgan fingerprint density at radius 1 is 1.16 bits per heavy atom. The summed E-state index contributed by atoms with van der Waals surface area (Å²) in [5, 5.41) is 6.76. The predicted molar refractivity (Wildman–Crippen MR) is 104 cm³/mol. The lowest BCUT2D eigenvalue weighted by molar-refractivity contribution is 0.329. The van der Waals surface area contributed by atoms with Crippen LogP contribution >= 0.6 is 0 Å². The molecule has 5 nitrogen and oxygen atoms in total. The number of benzene rings is 1. The molecule has 6 heteroatoms. The van der Waals surface area contributed by atoms with Gasteiger partial charge in [0.05, 0.1) is 10.6 Å². The molecule has 0 unspecified atom stereocenters. The van der Waals surface area contributed by atoms with Gasteiger partial charge in [-0.05, 0) is 57.1 Å². The molecule has 0 heterocycles. The molecule has 140 valence electrons. The smallest absolute Gasteiger partial charge is 0.191 e. The van der Waals surface area contributed by atoms with Crippen LogP contribution in [-0.2, 0) is 9.84 Å². The fourth-order valence-electron chi connectivity index (χ4n) is 3.11. The molecule has 0 aromatic heterocycles. The molecule has 0 amide bonds. The molecule has 1 aromatic rings. The van der Waals surface area contributed by atoms with Crippen molar-refractivity contribution in [2.24, 2.45) is 10.9 Å². The van der Waals surface area contributed by atoms with Gasteiger partial charge in [0.1, 0.15) is 0 Å². The fraction of sp³-hybridized carbons (Fsp3) is 0.632. The molecule has 1 aliphatic rings. The molecule has 1 aromatic carbocycles. The van der Waals surface area contributed by atoms with E-state index in [1.54, 1.807) is 24.3 Å². The summed E-state index contributed by atoms with van der Waals surface area (Å²) in [7, 11) is -3.21. The zero-order valence-corrected chi connectivity index (χ0v) is 16.2. The Morgan fingerprint density at radius 2 is 1.84 bits per heavy atom. The van der Waals surface area contributed by atoms with Crippen LogP contribution in [0.15, 0.2) is 40.2 Å². The number of rotatable bonds is 7. The summed E-state index contributed by atoms with van der Waals surface area (Å²) in [6, 6.07) is 9.10. The van der Waals surface area contributed by atoms with Crippen molar-refractivity contribution in [3.8, 4) is 0 Å². The van der Waals surface area contributed by atoms with Crippen molar-refractivity contribution >= 4 is 15.8 Å². The van der Waals surface area contributed by atoms with E-state index in [4.69, 9.17) is 0 Å². The van der Waals surface area contributed by atoms with E-state index in [1.165, 1.54) is 25.7 Å². The number of hydrogen-bond donors (Lipinski definition) is 2. The normalized spacial score (nSPS) is 21.8. The first-order valence-corrected chi connectivity index (χ1v) is 11.0. The van der Waals surface area contributed by atoms with Gasteiger partial charge in [0, 0.05) is 19.1 Å². The van der Waals surface area contributed by atoms with Crippen molar-refractivity contribution in [3.05, 3.63) is 30.3 Å². The number of hydrogen-bond acceptors (Lipinski definition) is 3. The Labute approximate surface area is 152 Å². The minimum Gasteiger partial charge on any atom is -0.357 e. The number of aliphatic imine (C=N–C) groups is 1. The second-order valence-electron chi connectivity index (χ2n) is 6.85. The van der Waals surface area contributed by atoms with E-state index in [1.807, 2.05) is 13.0 Å². The second-order valence-corrected chi connectivity index (χ2v) is 8.96. The van der Waals surface area contributed by atoms with Gasteiger partial charge in [-0.25, -0.2) is 8.42 Å². The minimum absolute atomic E-state index is 0.126. The van der Waals surface area contributed by atoms with Crippen LogP contribution < -0.4 is 10.6 Å². The topological polar surface area (TPSA) is 70.6 Å². The zero-order valence-electron chi connectivity index (χ0n) is 15.4. The molecule has 1 aliphatic carbocycles. The fourth-order valence-corrected chi connectivity index (χ4v) is 4.43. The summed E-state index contributed by atoms with van der Waals surface area (Å²) >= 11 is 0. The molecule has 0 atom stereocenters. The van der Waals surface area contributed by atoms with Crippen molar-refractivity contribution in [1.29, 1.82) is 0 Å². The first-order valence-electron chi connectivity index (χ1n) is 9.34. The first-order chi connectivity index (χ1) is 12.0. The maximum atomic E-state index is 12.3. The summed E-state index contributed by atoms with van der Waals surface area (Å²) in [5.41, 5.74) is 0. The van der Waals surface area contributed by atoms with E-state index in [0.29, 0.717) is 23.9 Å². The van der Waals surface area contributed by atoms with E-state index < -0.39 is 9.84 Å². The largest absolute Gasteiger partial charge is 0.357 e. The molecule has 0 bridgehead atoms. The van der Waals surface area contributed by atoms with Crippen LogP contribution in [0, 0.1) is 5.92 Å². The summed E-state index contributed by atoms with van der Waals surface area (Å²) in [4.78, 5) is 4.94. The maximum absolute atomic E-state index is 12.3. The third kappa shape index (κ3) is 6.69. The quantitative estimate of drug-likeness (QED) is 0.443. The van der Waals surface area contributed by atoms with E-state index in [9.17, 15) is 8.42 Å². The molecule has 2 rings (SSSR count). The summed E-state index contributed by atoms with van der Waals surface area (Å²) in [6.45, 7) is 5.66. The summed E-state index contributed by atoms with van der Waals surface area (Å²) in [6.07, 6.45) is 5.39. The molecule has 0 saturated heterocycles. The van der Waals surface area contributed by atoms with Gasteiger partial charge in [-0.15, -0.1) is 0 Å². The lowest BCUT2D eigenvalue weighted by Crippen LogP contribution is -2.44. The Bertz CT molecular complexity index is 636. The molecule has 0 spiro atoms. The lowest BCUT2D eigenvalue weighted by atomic mass is 9.87. The van der Waals surface area contributed by atoms with Crippen LogP contribution in [0.2, 0.25) is 0 Å². The highest BCUT2D eigenvalue weighted by atomic mass is 32.2. The molecule has 1 saturated carbocycles. The number of nitrogens with zero attached hydrogens (tertiary/aromatic N) is 1. The zero-order chi connectivity index (χ0) is 18.1. The van der Waals surface area contributed by atoms with Gasteiger partial charge < -0.3 is 10.6 Å². The number of guanidine groups is 1. The highest BCUT2D eigenvalue weighted by Crippen LogP contribution is 2.23. The second kappa shape index (κ2) is 9.80. The van der Waals surface area contributed by atoms with Gasteiger partial charge in [0.2, 0.25) is 0 Å². The molecule has 25 heavy (non-hydrogen) atoms. The summed E-state index contributed by atoms with van der Waals surface area (Å²) in [5.74, 6) is 1.75. The van der Waals surface area contributed by atoms with Crippen molar-refractivity contribution < 1.29 is 8.42 Å². The van der Waals surface area contributed by atoms with Crippen LogP contribution in [0.25, 0.3) is 0 Å². The average Bonchev–Trinajstić information content (AvgIpc) is 2.61. The van der Waals surface area contributed by atoms with Crippen molar-refractivity contribution in [1.82, 2.24) is 10.6 Å². The van der Waals surface area contributed by atoms with E-state index >= 15 is 0 Å². The predicted octanol–water partition coefficient (Wildman–Crippen LogP) is 2.98. The van der Waals surface area contributed by atoms with E-state index in [2.05, 4.69) is 22.5 Å². The first kappa shape index (κ1) is 19.8. The Balaban J connectivity index is 1.82. The van der Waals surface area contributed by atoms with Crippen LogP contribution in [0.3, 0.4) is 0 Å². The highest BCUT2D eigenvalue weighted by molar-refractivity contribution is 7.91. The highest BCUT2D eigenvalue weighted by Gasteiger charge is 2.19. The van der Waals surface area contributed by atoms with Crippen LogP contribution in [0.5, 0.6) is 0 Å². The van der Waals surface area contributed by atoms with Gasteiger partial charge in [-0.3, -0.25) is 4.99 Å². The standard InChI is InChI=1S/C19H31N3O2S/c1-3-20-19(22-17-12-10-16(2)11-13-17)21-14-7-15-25(23,24)18-8-5-4-6-9-18/h4-6,8-9,16-17H,3,7,10-15H2,1-2H3,(H2,20,21,22). The van der Waals surface area contributed by atoms with Gasteiger partial charge in [-0.1, -0.05) is 25.1 Å². The number of sulfone groups is 1. The average molecular weight is 366 g/mol. The molecule has 0 radical (unpaired) electrons. The third-order valence-electron chi connectivity index (χ3n) is 4.64. The lowest BCUT2D eigenvalue weighted by Gasteiger charge is -2.28. The van der Waals surface area contributed by atoms with Gasteiger partial charge >= 0.3 is 0 Å². The van der Waals surface area contributed by atoms with Gasteiger partial charge in [0.15, 0.2) is 15.8 Å². The minimum atomic E-state index is -3.21. The monoisotopic (exact) mass is 365 g/mol. The van der Waals surface area contributed by atoms with Crippen molar-refractivity contribution in [2.75, 3.05) is 18.8 Å². The molecular formula is C19H31N3O2S. The molecule has 1 fully saturated rings. The SMILES string of the molecule is CCNC(=NCCCS(=O)(=O)c1ccccc1)NC1CCC(C)CC1. The van der Waals surface area contributed by atoms with E-state index in [0.717, 1.165) is 18.4 Å². The van der Waals surface area contributed by atoms with Crippen molar-refractivity contribution in [2.45, 2.75) is 56.9 Å². The molecule has 2 N–H and O–H groups in total. The van der Waals surface area contributed by atoms with Crippen LogP contribution in [0.1, 0.15) is 46.0 Å². The van der Waals surface area contributed by atoms with Gasteiger partial charge in [-0.2, -0.15) is 0 Å². The maximum Gasteiger partial charge on any atom is 0.191 e. The number of nitrogens with one attached hydrogen (secondary N) is 2. The van der Waals surface area contributed by atoms with Gasteiger partial charge in [0.25, 0.3) is 0 Å². The van der Waals surface area contributed by atoms with E-state index in [-0.39, 0.29) is 5.75 Å².